The Balaban J connectivity index is 0.000000207. The third-order valence-corrected chi connectivity index (χ3v) is 6.62. The van der Waals surface area contributed by atoms with Crippen molar-refractivity contribution >= 4 is 0 Å². The first kappa shape index (κ1) is 24.2. The molecule has 2 fully saturated rings. The number of hydrogen-bond acceptors (Lipinski definition) is 3. The van der Waals surface area contributed by atoms with E-state index < -0.39 is 0 Å². The Kier molecular flexibility index (Phi) is 9.98. The van der Waals surface area contributed by atoms with Crippen molar-refractivity contribution in [3.05, 3.63) is 54.7 Å². The van der Waals surface area contributed by atoms with Gasteiger partial charge in [0.15, 0.2) is 0 Å². The van der Waals surface area contributed by atoms with Crippen molar-refractivity contribution < 1.29 is 30.3 Å². The summed E-state index contributed by atoms with van der Waals surface area (Å²) in [6.45, 7) is 4.27. The van der Waals surface area contributed by atoms with Crippen LogP contribution in [0.15, 0.2) is 48.7 Å². The molecule has 161 valence electrons. The normalized spacial score (nSPS) is 31.7. The number of benzene rings is 1. The predicted molar refractivity (Wildman–Crippen MR) is 114 cm³/mol. The summed E-state index contributed by atoms with van der Waals surface area (Å²) in [7, 11) is 0. The molecule has 4 rings (SSSR count). The fourth-order valence-corrected chi connectivity index (χ4v) is 4.87. The van der Waals surface area contributed by atoms with Gasteiger partial charge in [-0.3, -0.25) is 0 Å². The van der Waals surface area contributed by atoms with Crippen LogP contribution in [0.5, 0.6) is 0 Å². The van der Waals surface area contributed by atoms with E-state index in [1.807, 2.05) is 42.5 Å². The molecule has 4 heteroatoms. The first-order valence-electron chi connectivity index (χ1n) is 10.8. The Morgan fingerprint density at radius 3 is 2.00 bits per heavy atom. The maximum atomic E-state index is 10.4. The van der Waals surface area contributed by atoms with E-state index in [9.17, 15) is 10.2 Å². The summed E-state index contributed by atoms with van der Waals surface area (Å²) in [4.78, 5) is 4.22. The second kappa shape index (κ2) is 12.0. The molecule has 0 spiro atoms. The Morgan fingerprint density at radius 1 is 0.862 bits per heavy atom. The summed E-state index contributed by atoms with van der Waals surface area (Å²) < 4.78 is 0. The van der Waals surface area contributed by atoms with Gasteiger partial charge in [-0.05, 0) is 55.2 Å². The average Bonchev–Trinajstić information content (AvgIpc) is 2.96. The minimum atomic E-state index is -0.289. The molecule has 0 saturated heterocycles. The van der Waals surface area contributed by atoms with Crippen LogP contribution in [-0.2, 0) is 20.1 Å². The quantitative estimate of drug-likeness (QED) is 0.466. The fraction of sp³-hybridized carbons (Fsp3) is 0.560. The molecule has 1 aromatic carbocycles. The van der Waals surface area contributed by atoms with Crippen LogP contribution < -0.4 is 0 Å². The molecule has 1 heterocycles. The summed E-state index contributed by atoms with van der Waals surface area (Å²) in [6.07, 6.45) is 8.30. The monoisotopic (exact) mass is 573 g/mol. The largest absolute Gasteiger partial charge is 0.392 e. The van der Waals surface area contributed by atoms with Crippen LogP contribution in [-0.4, -0.2) is 27.4 Å². The van der Waals surface area contributed by atoms with Gasteiger partial charge in [-0.2, -0.15) is 0 Å². The second-order valence-corrected chi connectivity index (χ2v) is 8.63. The van der Waals surface area contributed by atoms with Gasteiger partial charge in [-0.25, -0.2) is 0 Å². The molecule has 29 heavy (non-hydrogen) atoms. The van der Waals surface area contributed by atoms with Crippen molar-refractivity contribution in [3.63, 3.8) is 0 Å². The van der Waals surface area contributed by atoms with Crippen molar-refractivity contribution in [2.24, 2.45) is 23.7 Å². The minimum Gasteiger partial charge on any atom is -0.392 e. The summed E-state index contributed by atoms with van der Waals surface area (Å²) in [5.74, 6) is 1.40. The smallest absolute Gasteiger partial charge is 0.0621 e. The van der Waals surface area contributed by atoms with Crippen LogP contribution in [0, 0.1) is 29.7 Å². The van der Waals surface area contributed by atoms with E-state index >= 15 is 0 Å². The number of aliphatic hydroxyl groups excluding tert-OH is 2. The van der Waals surface area contributed by atoms with E-state index in [2.05, 4.69) is 24.9 Å². The van der Waals surface area contributed by atoms with Gasteiger partial charge in [0.25, 0.3) is 0 Å². The third kappa shape index (κ3) is 6.46. The Morgan fingerprint density at radius 2 is 1.48 bits per heavy atom. The molecular formula is C25H34IrNO2-. The molecule has 2 saturated carbocycles. The summed E-state index contributed by atoms with van der Waals surface area (Å²) >= 11 is 0. The zero-order chi connectivity index (χ0) is 19.9. The molecule has 6 atom stereocenters. The van der Waals surface area contributed by atoms with Gasteiger partial charge in [-0.1, -0.05) is 38.8 Å². The molecule has 2 N–H and O–H groups in total. The zero-order valence-electron chi connectivity index (χ0n) is 17.5. The molecule has 1 aromatic heterocycles. The van der Waals surface area contributed by atoms with Gasteiger partial charge in [0.05, 0.1) is 12.2 Å². The SMILES string of the molecule is C[C@@H]1CCCC2CCC[C@H](C)C(O)C2C1O.[Ir].[c-]1ccccc1-c1ccccn1. The van der Waals surface area contributed by atoms with E-state index in [4.69, 9.17) is 0 Å². The first-order chi connectivity index (χ1) is 13.6. The number of aromatic nitrogens is 1. The van der Waals surface area contributed by atoms with Crippen molar-refractivity contribution in [1.82, 2.24) is 4.98 Å². The van der Waals surface area contributed by atoms with Gasteiger partial charge in [-0.15, -0.1) is 35.9 Å². The molecule has 2 aromatic rings. The van der Waals surface area contributed by atoms with Gasteiger partial charge >= 0.3 is 0 Å². The fourth-order valence-electron chi connectivity index (χ4n) is 4.87. The van der Waals surface area contributed by atoms with Crippen molar-refractivity contribution in [3.8, 4) is 11.3 Å². The van der Waals surface area contributed by atoms with Crippen LogP contribution in [0.25, 0.3) is 11.3 Å². The minimum absolute atomic E-state index is 0. The summed E-state index contributed by atoms with van der Waals surface area (Å²) in [5, 5.41) is 20.8. The van der Waals surface area contributed by atoms with E-state index in [1.54, 1.807) is 6.20 Å². The Bertz CT molecular complexity index is 637. The molecule has 2 aliphatic rings. The summed E-state index contributed by atoms with van der Waals surface area (Å²) in [5.41, 5.74) is 2.01. The molecule has 2 aliphatic carbocycles. The number of pyridine rings is 1. The summed E-state index contributed by atoms with van der Waals surface area (Å²) in [6, 6.07) is 16.8. The maximum Gasteiger partial charge on any atom is 0.0621 e. The second-order valence-electron chi connectivity index (χ2n) is 8.63. The molecular weight excluding hydrogens is 538 g/mol. The van der Waals surface area contributed by atoms with Crippen molar-refractivity contribution in [2.45, 2.75) is 64.6 Å². The molecule has 0 aliphatic heterocycles. The first-order valence-corrected chi connectivity index (χ1v) is 10.8. The average molecular weight is 573 g/mol. The Hall–Kier alpha value is -1.06. The van der Waals surface area contributed by atoms with Crippen LogP contribution in [0.2, 0.25) is 0 Å². The van der Waals surface area contributed by atoms with Gasteiger partial charge < -0.3 is 15.2 Å². The van der Waals surface area contributed by atoms with Gasteiger partial charge in [0.2, 0.25) is 0 Å². The van der Waals surface area contributed by atoms with Crippen molar-refractivity contribution in [1.29, 1.82) is 0 Å². The molecule has 0 amide bonds. The van der Waals surface area contributed by atoms with Gasteiger partial charge in [0, 0.05) is 32.2 Å². The molecule has 3 nitrogen and oxygen atoms in total. The van der Waals surface area contributed by atoms with Crippen LogP contribution in [0.4, 0.5) is 0 Å². The standard InChI is InChI=1S/C14H26O2.C11H8N.Ir/c1-9-5-3-7-11-8-4-6-10(2)14(16)12(11)13(9)15;1-2-6-10(7-3-1)11-8-4-5-9-12-11;/h9-16H,3-8H2,1-2H3;1-6,8-9H;/q;-1;/t9-,10+,11?,12?,13?,14?;;. The van der Waals surface area contributed by atoms with E-state index in [-0.39, 0.29) is 38.2 Å². The van der Waals surface area contributed by atoms with Crippen LogP contribution in [0.3, 0.4) is 0 Å². The van der Waals surface area contributed by atoms with Crippen LogP contribution in [0.1, 0.15) is 52.4 Å². The number of hydrogen-bond donors (Lipinski definition) is 2. The molecule has 4 unspecified atom stereocenters. The van der Waals surface area contributed by atoms with E-state index in [0.717, 1.165) is 24.1 Å². The zero-order valence-corrected chi connectivity index (χ0v) is 19.9. The number of nitrogens with zero attached hydrogens (tertiary/aromatic N) is 1. The van der Waals surface area contributed by atoms with Crippen molar-refractivity contribution in [2.75, 3.05) is 0 Å². The molecule has 1 radical (unpaired) electrons. The van der Waals surface area contributed by atoms with Gasteiger partial charge in [0.1, 0.15) is 0 Å². The van der Waals surface area contributed by atoms with E-state index in [1.165, 1.54) is 25.7 Å². The molecule has 0 bridgehead atoms. The number of aliphatic hydroxyl groups is 2. The number of rotatable bonds is 1. The number of fused-ring (bicyclic) bond motifs is 1. The topological polar surface area (TPSA) is 53.4 Å². The Labute approximate surface area is 189 Å². The predicted octanol–water partition coefficient (Wildman–Crippen LogP) is 5.13. The maximum absolute atomic E-state index is 10.4. The van der Waals surface area contributed by atoms with Crippen LogP contribution >= 0.6 is 0 Å². The van der Waals surface area contributed by atoms with E-state index in [0.29, 0.717) is 17.8 Å². The third-order valence-electron chi connectivity index (χ3n) is 6.62.